The van der Waals surface area contributed by atoms with E-state index in [1.165, 1.54) is 27.5 Å². The van der Waals surface area contributed by atoms with E-state index in [4.69, 9.17) is 4.74 Å². The Kier molecular flexibility index (Phi) is 7.23. The van der Waals surface area contributed by atoms with Crippen molar-refractivity contribution in [2.45, 2.75) is 20.5 Å². The molecule has 1 nitrogen and oxygen atoms in total. The Morgan fingerprint density at radius 2 is 1.83 bits per heavy atom. The zero-order valence-corrected chi connectivity index (χ0v) is 15.3. The fourth-order valence-electron chi connectivity index (χ4n) is 1.70. The Balaban J connectivity index is 0.000000771. The van der Waals surface area contributed by atoms with Gasteiger partial charge in [0.15, 0.2) is 0 Å². The predicted octanol–water partition coefficient (Wildman–Crippen LogP) is 4.53. The first-order chi connectivity index (χ1) is 8.74. The third kappa shape index (κ3) is 5.33. The first-order valence-electron chi connectivity index (χ1n) is 5.67. The number of rotatable bonds is 3. The second-order valence-electron chi connectivity index (χ2n) is 4.02. The number of benzene rings is 2. The molecule has 90 valence electrons. The van der Waals surface area contributed by atoms with Gasteiger partial charge in [0.05, 0.1) is 6.61 Å². The van der Waals surface area contributed by atoms with Crippen LogP contribution in [0.2, 0.25) is 0 Å². The Hall–Kier alpha value is -0.657. The number of halogens is 1. The molecule has 0 saturated heterocycles. The molecular formula is C15H15BrOZn. The van der Waals surface area contributed by atoms with Gasteiger partial charge in [-0.1, -0.05) is 6.07 Å². The van der Waals surface area contributed by atoms with Crippen molar-refractivity contribution >= 4 is 13.6 Å². The van der Waals surface area contributed by atoms with Gasteiger partial charge in [-0.2, -0.15) is 30.3 Å². The van der Waals surface area contributed by atoms with Crippen molar-refractivity contribution < 1.29 is 21.1 Å². The molecule has 18 heavy (non-hydrogen) atoms. The number of aryl methyl sites for hydroxylation is 2. The Bertz CT molecular complexity index is 451. The van der Waals surface area contributed by atoms with Crippen molar-refractivity contribution in [3.05, 3.63) is 65.2 Å². The molecule has 2 aromatic rings. The van der Waals surface area contributed by atoms with Crippen LogP contribution >= 0.6 is 13.6 Å². The Morgan fingerprint density at radius 1 is 1.17 bits per heavy atom. The van der Waals surface area contributed by atoms with E-state index in [1.54, 1.807) is 0 Å². The summed E-state index contributed by atoms with van der Waals surface area (Å²) in [5, 5.41) is 0. The van der Waals surface area contributed by atoms with Gasteiger partial charge in [-0.25, -0.2) is 0 Å². The van der Waals surface area contributed by atoms with Crippen LogP contribution in [-0.2, 0) is 22.9 Å². The van der Waals surface area contributed by atoms with Gasteiger partial charge in [-0.3, -0.25) is 0 Å². The standard InChI is InChI=1S/C15H15O.BrH.Zn/c1-12-8-13(2)10-15(9-12)16-11-14-6-4-3-5-7-14;;/h3-4,6-10H,11H2,1-2H3;1H;/q-1;;+2/p-1. The minimum absolute atomic E-state index is 0.597. The van der Waals surface area contributed by atoms with E-state index in [0.717, 1.165) is 11.3 Å². The second-order valence-corrected chi connectivity index (χ2v) is 4.02. The van der Waals surface area contributed by atoms with Gasteiger partial charge >= 0.3 is 30.0 Å². The van der Waals surface area contributed by atoms with Crippen LogP contribution in [-0.4, -0.2) is 0 Å². The molecule has 3 heteroatoms. The van der Waals surface area contributed by atoms with Crippen LogP contribution in [0.15, 0.2) is 42.5 Å². The average Bonchev–Trinajstić information content (AvgIpc) is 2.39. The van der Waals surface area contributed by atoms with Crippen molar-refractivity contribution in [2.75, 3.05) is 0 Å². The summed E-state index contributed by atoms with van der Waals surface area (Å²) in [4.78, 5) is 0. The van der Waals surface area contributed by atoms with Gasteiger partial charge in [0.25, 0.3) is 0 Å². The third-order valence-corrected chi connectivity index (χ3v) is 2.37. The van der Waals surface area contributed by atoms with Crippen LogP contribution in [0.25, 0.3) is 0 Å². The van der Waals surface area contributed by atoms with E-state index in [1.807, 2.05) is 24.3 Å². The summed E-state index contributed by atoms with van der Waals surface area (Å²) >= 11 is 4.25. The second kappa shape index (κ2) is 8.45. The maximum atomic E-state index is 5.73. The van der Waals surface area contributed by atoms with Crippen LogP contribution in [0.3, 0.4) is 0 Å². The molecule has 0 aliphatic carbocycles. The van der Waals surface area contributed by atoms with Gasteiger partial charge in [0.1, 0.15) is 5.75 Å². The van der Waals surface area contributed by atoms with Crippen LogP contribution in [0.5, 0.6) is 5.75 Å². The van der Waals surface area contributed by atoms with Crippen LogP contribution < -0.4 is 4.74 Å². The zero-order chi connectivity index (χ0) is 13.4. The summed E-state index contributed by atoms with van der Waals surface area (Å²) in [5.74, 6) is 0.932. The van der Waals surface area contributed by atoms with E-state index in [2.05, 4.69) is 51.7 Å². The molecule has 0 atom stereocenters. The predicted molar refractivity (Wildman–Crippen MR) is 74.5 cm³/mol. The van der Waals surface area contributed by atoms with E-state index in [9.17, 15) is 0 Å². The SMILES string of the molecule is Cc1cc(C)cc(OCc2c[c-]ccc2)c1.[Zn+][Br]. The zero-order valence-electron chi connectivity index (χ0n) is 10.7. The normalized spacial score (nSPS) is 9.39. The van der Waals surface area contributed by atoms with Crippen LogP contribution in [0.4, 0.5) is 0 Å². The molecule has 0 spiro atoms. The summed E-state index contributed by atoms with van der Waals surface area (Å²) in [6, 6.07) is 17.1. The molecule has 0 aromatic heterocycles. The molecule has 2 rings (SSSR count). The molecule has 0 fully saturated rings. The van der Waals surface area contributed by atoms with Gasteiger partial charge < -0.3 is 4.74 Å². The first-order valence-corrected chi connectivity index (χ1v) is 12.6. The number of ether oxygens (including phenoxy) is 1. The molecular weight excluding hydrogens is 341 g/mol. The molecule has 0 amide bonds. The summed E-state index contributed by atoms with van der Waals surface area (Å²) in [6.07, 6.45) is 0. The van der Waals surface area contributed by atoms with Crippen LogP contribution in [0.1, 0.15) is 16.7 Å². The van der Waals surface area contributed by atoms with Crippen molar-refractivity contribution in [2.24, 2.45) is 0 Å². The third-order valence-electron chi connectivity index (χ3n) is 2.37. The van der Waals surface area contributed by atoms with Gasteiger partial charge in [-0.15, -0.1) is 5.56 Å². The first kappa shape index (κ1) is 15.4. The quantitative estimate of drug-likeness (QED) is 0.580. The monoisotopic (exact) mass is 354 g/mol. The maximum absolute atomic E-state index is 5.73. The number of hydrogen-bond donors (Lipinski definition) is 0. The molecule has 0 aliphatic heterocycles. The summed E-state index contributed by atoms with van der Waals surface area (Å²) in [7, 11) is 0. The van der Waals surface area contributed by atoms with Crippen molar-refractivity contribution in [3.63, 3.8) is 0 Å². The van der Waals surface area contributed by atoms with E-state index < -0.39 is 0 Å². The summed E-state index contributed by atoms with van der Waals surface area (Å²) < 4.78 is 5.73. The topological polar surface area (TPSA) is 9.23 Å². The van der Waals surface area contributed by atoms with Crippen molar-refractivity contribution in [1.29, 1.82) is 0 Å². The molecule has 0 heterocycles. The number of hydrogen-bond acceptors (Lipinski definition) is 1. The van der Waals surface area contributed by atoms with E-state index in [-0.39, 0.29) is 0 Å². The fourth-order valence-corrected chi connectivity index (χ4v) is 1.70. The van der Waals surface area contributed by atoms with Gasteiger partial charge in [-0.05, 0) is 37.1 Å². The minimum atomic E-state index is 0.597. The molecule has 0 radical (unpaired) electrons. The average molecular weight is 357 g/mol. The van der Waals surface area contributed by atoms with E-state index >= 15 is 0 Å². The molecule has 0 aliphatic rings. The van der Waals surface area contributed by atoms with Gasteiger partial charge in [0.2, 0.25) is 0 Å². The molecule has 0 saturated carbocycles. The van der Waals surface area contributed by atoms with Crippen molar-refractivity contribution in [1.82, 2.24) is 0 Å². The Labute approximate surface area is 126 Å². The molecule has 0 N–H and O–H groups in total. The van der Waals surface area contributed by atoms with Gasteiger partial charge in [0, 0.05) is 0 Å². The summed E-state index contributed by atoms with van der Waals surface area (Å²) in [5.41, 5.74) is 3.60. The van der Waals surface area contributed by atoms with Crippen molar-refractivity contribution in [3.8, 4) is 5.75 Å². The summed E-state index contributed by atoms with van der Waals surface area (Å²) in [6.45, 7) is 4.76. The molecule has 0 bridgehead atoms. The van der Waals surface area contributed by atoms with Crippen LogP contribution in [0, 0.1) is 19.9 Å². The Morgan fingerprint density at radius 3 is 2.39 bits per heavy atom. The molecule has 0 unspecified atom stereocenters. The molecule has 2 aromatic carbocycles. The fraction of sp³-hybridized carbons (Fsp3) is 0.200. The van der Waals surface area contributed by atoms with E-state index in [0.29, 0.717) is 6.61 Å².